The van der Waals surface area contributed by atoms with Gasteiger partial charge in [0.05, 0.1) is 12.2 Å². The highest BCUT2D eigenvalue weighted by Crippen LogP contribution is 2.37. The number of hydrogen-bond donors (Lipinski definition) is 1. The Morgan fingerprint density at radius 3 is 2.48 bits per heavy atom. The smallest absolute Gasteiger partial charge is 0.347 e. The number of aliphatic carboxylic acids is 1. The maximum absolute atomic E-state index is 12.8. The number of carbonyl (C=O) groups excluding carboxylic acids is 1. The highest BCUT2D eigenvalue weighted by Gasteiger charge is 2.31. The van der Waals surface area contributed by atoms with Crippen molar-refractivity contribution in [1.29, 1.82) is 0 Å². The highest BCUT2D eigenvalue weighted by molar-refractivity contribution is 6.14. The highest BCUT2D eigenvalue weighted by atomic mass is 16.5. The Balaban J connectivity index is 1.55. The van der Waals surface area contributed by atoms with Crippen LogP contribution in [0.15, 0.2) is 36.1 Å². The number of carboxylic acid groups (broad SMARTS) is 1. The Morgan fingerprint density at radius 2 is 1.87 bits per heavy atom. The van der Waals surface area contributed by atoms with Crippen LogP contribution >= 0.6 is 0 Å². The molecule has 1 fully saturated rings. The molecule has 6 heteroatoms. The fourth-order valence-electron chi connectivity index (χ4n) is 3.43. The molecule has 0 aromatic heterocycles. The van der Waals surface area contributed by atoms with Crippen molar-refractivity contribution in [2.75, 3.05) is 6.61 Å². The molecule has 2 aliphatic rings. The Labute approximate surface area is 181 Å². The third-order valence-electron chi connectivity index (χ3n) is 5.48. The fourth-order valence-corrected chi connectivity index (χ4v) is 3.43. The van der Waals surface area contributed by atoms with Crippen LogP contribution in [0, 0.1) is 19.8 Å². The zero-order chi connectivity index (χ0) is 22.3. The molecule has 0 unspecified atom stereocenters. The van der Waals surface area contributed by atoms with Crippen molar-refractivity contribution < 1.29 is 28.9 Å². The molecule has 1 N–H and O–H groups in total. The summed E-state index contributed by atoms with van der Waals surface area (Å²) >= 11 is 0. The average Bonchev–Trinajstić information content (AvgIpc) is 3.48. The zero-order valence-corrected chi connectivity index (χ0v) is 18.2. The van der Waals surface area contributed by atoms with E-state index in [1.807, 2.05) is 26.0 Å². The van der Waals surface area contributed by atoms with Crippen LogP contribution in [0.1, 0.15) is 53.7 Å². The van der Waals surface area contributed by atoms with Gasteiger partial charge in [0.25, 0.3) is 0 Å². The van der Waals surface area contributed by atoms with Gasteiger partial charge in [0.15, 0.2) is 11.4 Å². The summed E-state index contributed by atoms with van der Waals surface area (Å²) in [6, 6.07) is 8.99. The summed E-state index contributed by atoms with van der Waals surface area (Å²) in [5.41, 5.74) is 1.50. The van der Waals surface area contributed by atoms with E-state index in [1.54, 1.807) is 24.3 Å². The topological polar surface area (TPSA) is 82.1 Å². The second kappa shape index (κ2) is 7.76. The molecular formula is C25H26O6. The van der Waals surface area contributed by atoms with Gasteiger partial charge < -0.3 is 19.3 Å². The number of carboxylic acids is 1. The molecule has 1 heterocycles. The minimum Gasteiger partial charge on any atom is -0.493 e. The van der Waals surface area contributed by atoms with E-state index in [0.29, 0.717) is 35.3 Å². The third kappa shape index (κ3) is 4.43. The number of ketones is 1. The molecule has 2 aromatic carbocycles. The predicted molar refractivity (Wildman–Crippen MR) is 116 cm³/mol. The number of hydrogen-bond acceptors (Lipinski definition) is 5. The van der Waals surface area contributed by atoms with Crippen molar-refractivity contribution >= 4 is 17.8 Å². The first kappa shape index (κ1) is 21.0. The molecule has 162 valence electrons. The van der Waals surface area contributed by atoms with Crippen molar-refractivity contribution in [1.82, 2.24) is 0 Å². The van der Waals surface area contributed by atoms with Crippen LogP contribution in [0.3, 0.4) is 0 Å². The SMILES string of the molecule is Cc1cc(/C=C2\Oc3cc(OCC4CC4)ccc3C2=O)cc(C)c1OC(C)(C)C(=O)O. The van der Waals surface area contributed by atoms with Crippen LogP contribution in [0.5, 0.6) is 17.2 Å². The number of rotatable bonds is 7. The van der Waals surface area contributed by atoms with Crippen LogP contribution in [0.2, 0.25) is 0 Å². The van der Waals surface area contributed by atoms with Crippen LogP contribution in [0.4, 0.5) is 0 Å². The Hall–Kier alpha value is -3.28. The fraction of sp³-hybridized carbons (Fsp3) is 0.360. The van der Waals surface area contributed by atoms with E-state index >= 15 is 0 Å². The van der Waals surface area contributed by atoms with E-state index in [2.05, 4.69) is 0 Å². The third-order valence-corrected chi connectivity index (χ3v) is 5.48. The first-order valence-electron chi connectivity index (χ1n) is 10.4. The van der Waals surface area contributed by atoms with Crippen molar-refractivity contribution in [2.24, 2.45) is 5.92 Å². The summed E-state index contributed by atoms with van der Waals surface area (Å²) in [7, 11) is 0. The molecule has 2 aromatic rings. The van der Waals surface area contributed by atoms with Crippen molar-refractivity contribution in [2.45, 2.75) is 46.1 Å². The summed E-state index contributed by atoms with van der Waals surface area (Å²) in [5.74, 6) is 1.40. The van der Waals surface area contributed by atoms with Gasteiger partial charge in [-0.25, -0.2) is 4.79 Å². The van der Waals surface area contributed by atoms with Gasteiger partial charge >= 0.3 is 5.97 Å². The molecule has 6 nitrogen and oxygen atoms in total. The Bertz CT molecular complexity index is 1070. The van der Waals surface area contributed by atoms with Gasteiger partial charge in [-0.1, -0.05) is 0 Å². The van der Waals surface area contributed by atoms with E-state index in [1.165, 1.54) is 26.7 Å². The summed E-state index contributed by atoms with van der Waals surface area (Å²) in [6.45, 7) is 7.40. The molecule has 0 radical (unpaired) electrons. The normalized spacial score (nSPS) is 16.8. The van der Waals surface area contributed by atoms with E-state index in [4.69, 9.17) is 14.2 Å². The number of allylic oxidation sites excluding steroid dienone is 1. The van der Waals surface area contributed by atoms with Crippen LogP contribution in [0.25, 0.3) is 6.08 Å². The number of aryl methyl sites for hydroxylation is 2. The Morgan fingerprint density at radius 1 is 1.19 bits per heavy atom. The quantitative estimate of drug-likeness (QED) is 0.636. The molecule has 0 atom stereocenters. The van der Waals surface area contributed by atoms with Crippen LogP contribution in [-0.2, 0) is 4.79 Å². The average molecular weight is 422 g/mol. The molecular weight excluding hydrogens is 396 g/mol. The number of benzene rings is 2. The molecule has 0 bridgehead atoms. The van der Waals surface area contributed by atoms with E-state index < -0.39 is 11.6 Å². The summed E-state index contributed by atoms with van der Waals surface area (Å²) in [4.78, 5) is 24.2. The van der Waals surface area contributed by atoms with Crippen molar-refractivity contribution in [3.05, 3.63) is 58.3 Å². The minimum absolute atomic E-state index is 0.175. The lowest BCUT2D eigenvalue weighted by molar-refractivity contribution is -0.152. The van der Waals surface area contributed by atoms with Gasteiger partial charge in [0.2, 0.25) is 5.78 Å². The summed E-state index contributed by atoms with van der Waals surface area (Å²) in [5, 5.41) is 9.33. The number of ether oxygens (including phenoxy) is 3. The number of carbonyl (C=O) groups is 2. The lowest BCUT2D eigenvalue weighted by Gasteiger charge is -2.24. The molecule has 0 spiro atoms. The predicted octanol–water partition coefficient (Wildman–Crippen LogP) is 4.95. The van der Waals surface area contributed by atoms with Gasteiger partial charge in [-0.2, -0.15) is 0 Å². The molecule has 0 saturated heterocycles. The van der Waals surface area contributed by atoms with E-state index in [9.17, 15) is 14.7 Å². The van der Waals surface area contributed by atoms with Gasteiger partial charge in [0.1, 0.15) is 17.2 Å². The number of Topliss-reactive ketones (excluding diaryl/α,β-unsaturated/α-hetero) is 1. The van der Waals surface area contributed by atoms with Crippen LogP contribution in [-0.4, -0.2) is 29.1 Å². The molecule has 1 aliphatic heterocycles. The summed E-state index contributed by atoms with van der Waals surface area (Å²) < 4.78 is 17.4. The molecule has 1 aliphatic carbocycles. The van der Waals surface area contributed by atoms with Gasteiger partial charge in [-0.3, -0.25) is 4.79 Å². The van der Waals surface area contributed by atoms with Crippen molar-refractivity contribution in [3.8, 4) is 17.2 Å². The monoisotopic (exact) mass is 422 g/mol. The molecule has 0 amide bonds. The minimum atomic E-state index is -1.35. The largest absolute Gasteiger partial charge is 0.493 e. The van der Waals surface area contributed by atoms with Gasteiger partial charge in [-0.05, 0) is 93.5 Å². The standard InChI is InChI=1S/C25H26O6/c1-14-9-17(10-15(2)23(14)31-25(3,4)24(27)28)11-21-22(26)19-8-7-18(12-20(19)30-21)29-13-16-5-6-16/h7-12,16H,5-6,13H2,1-4H3,(H,27,28)/b21-11-. The lowest BCUT2D eigenvalue weighted by Crippen LogP contribution is -2.38. The maximum atomic E-state index is 12.8. The van der Waals surface area contributed by atoms with Gasteiger partial charge in [0, 0.05) is 6.07 Å². The lowest BCUT2D eigenvalue weighted by atomic mass is 10.0. The second-order valence-electron chi connectivity index (χ2n) is 8.75. The van der Waals surface area contributed by atoms with Crippen LogP contribution < -0.4 is 14.2 Å². The number of fused-ring (bicyclic) bond motifs is 1. The second-order valence-corrected chi connectivity index (χ2v) is 8.75. The van der Waals surface area contributed by atoms with E-state index in [-0.39, 0.29) is 11.5 Å². The first-order chi connectivity index (χ1) is 14.6. The molecule has 1 saturated carbocycles. The van der Waals surface area contributed by atoms with Gasteiger partial charge in [-0.15, -0.1) is 0 Å². The van der Waals surface area contributed by atoms with E-state index in [0.717, 1.165) is 16.7 Å². The molecule has 31 heavy (non-hydrogen) atoms. The summed E-state index contributed by atoms with van der Waals surface area (Å²) in [6.07, 6.45) is 4.12. The molecule has 4 rings (SSSR count). The van der Waals surface area contributed by atoms with Crippen molar-refractivity contribution in [3.63, 3.8) is 0 Å². The maximum Gasteiger partial charge on any atom is 0.347 e. The first-order valence-corrected chi connectivity index (χ1v) is 10.4. The zero-order valence-electron chi connectivity index (χ0n) is 18.2. The Kier molecular flexibility index (Phi) is 5.25.